The van der Waals surface area contributed by atoms with Crippen molar-refractivity contribution in [3.8, 4) is 0 Å². The van der Waals surface area contributed by atoms with Gasteiger partial charge >= 0.3 is 39.5 Å². The highest BCUT2D eigenvalue weighted by Crippen LogP contribution is 2.45. The van der Waals surface area contributed by atoms with Crippen molar-refractivity contribution in [3.63, 3.8) is 0 Å². The highest BCUT2D eigenvalue weighted by molar-refractivity contribution is 7.47. The normalized spacial score (nSPS) is 14.2. The lowest BCUT2D eigenvalue weighted by atomic mass is 9.99. The standard InChI is InChI=1S/C82H160O17P2/c1-7-10-12-14-16-18-20-22-24-25-26-27-28-29-35-39-43-47-55-61-67-81(86)98-77(70-92-79(84)64-58-52-45-41-37-34-31-30-32-36-40-44-51-57-63-75(6)9-3)72-96-100(88,89)94-68-76(83)69-95-101(90,91)97-73-78(71-93-80(85)65-59-53-49-48-50-56-62-74(4)5)99-82(87)66-60-54-46-42-38-33-23-21-19-17-15-13-11-8-2/h74-78,83H,7-73H2,1-6H3,(H,88,89)(H,90,91)/t75?,76-,77-,78-/m1/s1. The summed E-state index contributed by atoms with van der Waals surface area (Å²) in [6.45, 7) is 9.62. The SMILES string of the molecule is CCCCCCCCCCCCCCCCCCCCCCC(=O)O[C@H](COC(=O)CCCCCCCCCCCCCCCCC(C)CC)COP(=O)(O)OC[C@@H](O)COP(=O)(O)OC[C@@H](COC(=O)CCCCCCCCC(C)C)OC(=O)CCCCCCCCCCCCCCCC. The van der Waals surface area contributed by atoms with Crippen LogP contribution in [0, 0.1) is 11.8 Å². The summed E-state index contributed by atoms with van der Waals surface area (Å²) >= 11 is 0. The number of aliphatic hydroxyl groups is 1. The highest BCUT2D eigenvalue weighted by atomic mass is 31.2. The molecule has 0 aromatic rings. The van der Waals surface area contributed by atoms with Crippen LogP contribution in [0.25, 0.3) is 0 Å². The predicted octanol–water partition coefficient (Wildman–Crippen LogP) is 24.7. The third-order valence-corrected chi connectivity index (χ3v) is 21.5. The Bertz CT molecular complexity index is 1940. The maximum Gasteiger partial charge on any atom is 0.472 e. The number of carbonyl (C=O) groups excluding carboxylic acids is 4. The first-order valence-corrected chi connectivity index (χ1v) is 45.5. The summed E-state index contributed by atoms with van der Waals surface area (Å²) < 4.78 is 68.7. The van der Waals surface area contributed by atoms with E-state index in [0.717, 1.165) is 102 Å². The van der Waals surface area contributed by atoms with Crippen molar-refractivity contribution in [3.05, 3.63) is 0 Å². The monoisotopic (exact) mass is 1480 g/mol. The molecule has 6 atom stereocenters. The minimum absolute atomic E-state index is 0.107. The molecule has 0 fully saturated rings. The summed E-state index contributed by atoms with van der Waals surface area (Å²) in [5.41, 5.74) is 0. The Labute approximate surface area is 619 Å². The summed E-state index contributed by atoms with van der Waals surface area (Å²) in [4.78, 5) is 73.0. The second-order valence-electron chi connectivity index (χ2n) is 30.2. The molecule has 0 aromatic heterocycles. The van der Waals surface area contributed by atoms with Crippen LogP contribution in [0.1, 0.15) is 433 Å². The molecule has 3 N–H and O–H groups in total. The van der Waals surface area contributed by atoms with Gasteiger partial charge in [-0.3, -0.25) is 37.3 Å². The third kappa shape index (κ3) is 74.7. The molecule has 0 radical (unpaired) electrons. The fraction of sp³-hybridized carbons (Fsp3) is 0.951. The second kappa shape index (κ2) is 73.6. The lowest BCUT2D eigenvalue weighted by molar-refractivity contribution is -0.161. The molecule has 0 spiro atoms. The molecule has 0 amide bonds. The topological polar surface area (TPSA) is 237 Å². The number of ether oxygens (including phenoxy) is 4. The molecule has 3 unspecified atom stereocenters. The number of unbranched alkanes of at least 4 members (excludes halogenated alkanes) is 50. The summed E-state index contributed by atoms with van der Waals surface area (Å²) in [5.74, 6) is -0.579. The Morgan fingerprint density at radius 1 is 0.287 bits per heavy atom. The second-order valence-corrected chi connectivity index (χ2v) is 33.1. The summed E-state index contributed by atoms with van der Waals surface area (Å²) in [5, 5.41) is 10.6. The molecule has 600 valence electrons. The van der Waals surface area contributed by atoms with E-state index in [1.807, 2.05) is 0 Å². The number of esters is 4. The number of carbonyl (C=O) groups is 4. The number of hydrogen-bond acceptors (Lipinski definition) is 15. The van der Waals surface area contributed by atoms with E-state index in [2.05, 4.69) is 41.5 Å². The molecule has 0 aliphatic carbocycles. The van der Waals surface area contributed by atoms with Gasteiger partial charge in [0, 0.05) is 25.7 Å². The molecule has 19 heteroatoms. The van der Waals surface area contributed by atoms with Crippen LogP contribution in [0.2, 0.25) is 0 Å². The average molecular weight is 1480 g/mol. The van der Waals surface area contributed by atoms with Gasteiger partial charge in [0.05, 0.1) is 26.4 Å². The average Bonchev–Trinajstić information content (AvgIpc) is 0.976. The van der Waals surface area contributed by atoms with Gasteiger partial charge in [-0.05, 0) is 37.5 Å². The summed E-state index contributed by atoms with van der Waals surface area (Å²) in [7, 11) is -9.92. The largest absolute Gasteiger partial charge is 0.472 e. The summed E-state index contributed by atoms with van der Waals surface area (Å²) in [6, 6.07) is 0. The number of hydrogen-bond donors (Lipinski definition) is 3. The highest BCUT2D eigenvalue weighted by Gasteiger charge is 2.30. The summed E-state index contributed by atoms with van der Waals surface area (Å²) in [6.07, 6.45) is 64.0. The molecule has 0 aliphatic heterocycles. The number of phosphoric ester groups is 2. The molecule has 0 saturated carbocycles. The van der Waals surface area contributed by atoms with E-state index in [1.165, 1.54) is 244 Å². The van der Waals surface area contributed by atoms with Crippen LogP contribution >= 0.6 is 15.6 Å². The molecule has 0 saturated heterocycles. The van der Waals surface area contributed by atoms with E-state index in [9.17, 15) is 43.2 Å². The van der Waals surface area contributed by atoms with Crippen LogP contribution in [0.4, 0.5) is 0 Å². The molecule has 0 aromatic carbocycles. The Balaban J connectivity index is 5.22. The van der Waals surface area contributed by atoms with Crippen LogP contribution in [0.3, 0.4) is 0 Å². The van der Waals surface area contributed by atoms with Gasteiger partial charge in [-0.2, -0.15) is 0 Å². The van der Waals surface area contributed by atoms with E-state index >= 15 is 0 Å². The molecule has 0 bridgehead atoms. The Morgan fingerprint density at radius 3 is 0.752 bits per heavy atom. The van der Waals surface area contributed by atoms with Gasteiger partial charge in [-0.1, -0.05) is 382 Å². The number of rotatable bonds is 81. The lowest BCUT2D eigenvalue weighted by Gasteiger charge is -2.21. The Morgan fingerprint density at radius 2 is 0.505 bits per heavy atom. The van der Waals surface area contributed by atoms with Crippen molar-refractivity contribution in [2.24, 2.45) is 11.8 Å². The first-order chi connectivity index (χ1) is 48.9. The lowest BCUT2D eigenvalue weighted by Crippen LogP contribution is -2.30. The van der Waals surface area contributed by atoms with Gasteiger partial charge in [-0.15, -0.1) is 0 Å². The van der Waals surface area contributed by atoms with Gasteiger partial charge in [0.15, 0.2) is 12.2 Å². The molecular weight excluding hydrogens is 1320 g/mol. The van der Waals surface area contributed by atoms with Crippen LogP contribution in [-0.2, 0) is 65.4 Å². The van der Waals surface area contributed by atoms with Crippen molar-refractivity contribution in [2.45, 2.75) is 452 Å². The van der Waals surface area contributed by atoms with Gasteiger partial charge in [-0.25, -0.2) is 9.13 Å². The van der Waals surface area contributed by atoms with Gasteiger partial charge < -0.3 is 33.8 Å². The van der Waals surface area contributed by atoms with Gasteiger partial charge in [0.1, 0.15) is 19.3 Å². The molecule has 0 rings (SSSR count). The van der Waals surface area contributed by atoms with Gasteiger partial charge in [0.2, 0.25) is 0 Å². The van der Waals surface area contributed by atoms with Crippen LogP contribution in [0.15, 0.2) is 0 Å². The van der Waals surface area contributed by atoms with E-state index < -0.39 is 97.5 Å². The van der Waals surface area contributed by atoms with Crippen LogP contribution in [-0.4, -0.2) is 96.7 Å². The van der Waals surface area contributed by atoms with Crippen molar-refractivity contribution in [2.75, 3.05) is 39.6 Å². The minimum Gasteiger partial charge on any atom is -0.462 e. The zero-order valence-corrected chi connectivity index (χ0v) is 68.0. The fourth-order valence-electron chi connectivity index (χ4n) is 12.7. The minimum atomic E-state index is -4.96. The molecule has 17 nitrogen and oxygen atoms in total. The quantitative estimate of drug-likeness (QED) is 0.0222. The van der Waals surface area contributed by atoms with E-state index in [0.29, 0.717) is 31.6 Å². The number of phosphoric acid groups is 2. The predicted molar refractivity (Wildman–Crippen MR) is 414 cm³/mol. The smallest absolute Gasteiger partial charge is 0.462 e. The van der Waals surface area contributed by atoms with E-state index in [1.54, 1.807) is 0 Å². The van der Waals surface area contributed by atoms with Crippen LogP contribution in [0.5, 0.6) is 0 Å². The Kier molecular flexibility index (Phi) is 72.2. The number of aliphatic hydroxyl groups excluding tert-OH is 1. The third-order valence-electron chi connectivity index (χ3n) is 19.6. The fourth-order valence-corrected chi connectivity index (χ4v) is 14.3. The first-order valence-electron chi connectivity index (χ1n) is 42.5. The van der Waals surface area contributed by atoms with Crippen molar-refractivity contribution in [1.82, 2.24) is 0 Å². The van der Waals surface area contributed by atoms with Crippen molar-refractivity contribution in [1.29, 1.82) is 0 Å². The maximum atomic E-state index is 13.1. The zero-order chi connectivity index (χ0) is 74.2. The Hall–Kier alpha value is -1.94. The molecular formula is C82H160O17P2. The zero-order valence-electron chi connectivity index (χ0n) is 66.2. The van der Waals surface area contributed by atoms with E-state index in [4.69, 9.17) is 37.0 Å². The van der Waals surface area contributed by atoms with Gasteiger partial charge in [0.25, 0.3) is 0 Å². The molecule has 0 aliphatic rings. The first kappa shape index (κ1) is 99.1. The maximum absolute atomic E-state index is 13.1. The van der Waals surface area contributed by atoms with Crippen molar-refractivity contribution < 1.29 is 80.2 Å². The molecule has 0 heterocycles. The van der Waals surface area contributed by atoms with Crippen molar-refractivity contribution >= 4 is 39.5 Å². The van der Waals surface area contributed by atoms with E-state index in [-0.39, 0.29) is 25.7 Å². The van der Waals surface area contributed by atoms with Crippen LogP contribution < -0.4 is 0 Å². The molecule has 101 heavy (non-hydrogen) atoms.